The van der Waals surface area contributed by atoms with E-state index in [2.05, 4.69) is 10.3 Å². The van der Waals surface area contributed by atoms with Crippen LogP contribution in [-0.4, -0.2) is 16.3 Å². The van der Waals surface area contributed by atoms with Crippen LogP contribution < -0.4 is 5.32 Å². The van der Waals surface area contributed by atoms with E-state index in [1.54, 1.807) is 27.0 Å². The number of nitrogens with one attached hydrogen (secondary N) is 2. The number of hydrogen-bond acceptors (Lipinski definition) is 2. The molecule has 6 heteroatoms. The Labute approximate surface area is 148 Å². The van der Waals surface area contributed by atoms with Crippen molar-refractivity contribution in [2.75, 3.05) is 5.32 Å². The minimum Gasteiger partial charge on any atom is -0.373 e. The Hall–Kier alpha value is -2.76. The highest BCUT2D eigenvalue weighted by atomic mass is 19.1. The summed E-state index contributed by atoms with van der Waals surface area (Å²) in [7, 11) is 0. The molecule has 0 bridgehead atoms. The molecule has 1 aliphatic rings. The van der Waals surface area contributed by atoms with E-state index in [1.165, 1.54) is 12.1 Å². The van der Waals surface area contributed by atoms with E-state index in [0.717, 1.165) is 11.6 Å². The molecule has 4 rings (SSSR count). The maximum atomic E-state index is 15.2. The monoisotopic (exact) mass is 358 g/mol. The summed E-state index contributed by atoms with van der Waals surface area (Å²) in [4.78, 5) is 15.2. The number of aromatic amines is 1. The van der Waals surface area contributed by atoms with Gasteiger partial charge in [-0.2, -0.15) is 0 Å². The molecule has 2 heterocycles. The Morgan fingerprint density at radius 3 is 2.58 bits per heavy atom. The van der Waals surface area contributed by atoms with Gasteiger partial charge in [0, 0.05) is 34.8 Å². The molecule has 0 aliphatic carbocycles. The molecule has 3 nitrogen and oxygen atoms in total. The summed E-state index contributed by atoms with van der Waals surface area (Å²) in [6, 6.07) is 3.61. The van der Waals surface area contributed by atoms with Crippen LogP contribution in [0, 0.1) is 24.4 Å². The lowest BCUT2D eigenvalue weighted by molar-refractivity contribution is -0.122. The van der Waals surface area contributed by atoms with Gasteiger partial charge in [0.05, 0.1) is 16.6 Å². The van der Waals surface area contributed by atoms with Crippen LogP contribution in [0.2, 0.25) is 0 Å². The summed E-state index contributed by atoms with van der Waals surface area (Å²) in [6.45, 7) is 5.12. The Balaban J connectivity index is 2.01. The highest BCUT2D eigenvalue weighted by molar-refractivity contribution is 5.99. The van der Waals surface area contributed by atoms with Crippen molar-refractivity contribution in [2.45, 2.75) is 32.7 Å². The summed E-state index contributed by atoms with van der Waals surface area (Å²) in [6.07, 6.45) is 1.52. The molecular weight excluding hydrogens is 341 g/mol. The first-order valence-electron chi connectivity index (χ1n) is 8.29. The maximum absolute atomic E-state index is 15.2. The Kier molecular flexibility index (Phi) is 3.45. The van der Waals surface area contributed by atoms with Crippen molar-refractivity contribution in [3.8, 4) is 11.1 Å². The number of rotatable bonds is 1. The molecule has 26 heavy (non-hydrogen) atoms. The number of halogens is 3. The zero-order valence-corrected chi connectivity index (χ0v) is 14.6. The fraction of sp³-hybridized carbons (Fsp3) is 0.250. The van der Waals surface area contributed by atoms with E-state index in [9.17, 15) is 13.6 Å². The molecule has 3 aromatic rings. The molecular formula is C20H17F3N2O. The van der Waals surface area contributed by atoms with Crippen LogP contribution in [0.4, 0.5) is 18.9 Å². The average molecular weight is 358 g/mol. The van der Waals surface area contributed by atoms with Crippen LogP contribution >= 0.6 is 0 Å². The van der Waals surface area contributed by atoms with Gasteiger partial charge in [-0.15, -0.1) is 0 Å². The first-order valence-corrected chi connectivity index (χ1v) is 8.29. The minimum absolute atomic E-state index is 0.100. The predicted octanol–water partition coefficient (Wildman–Crippen LogP) is 4.88. The highest BCUT2D eigenvalue weighted by Crippen LogP contribution is 2.40. The lowest BCUT2D eigenvalue weighted by atomic mass is 9.86. The van der Waals surface area contributed by atoms with Gasteiger partial charge in [0.15, 0.2) is 5.78 Å². The number of carbonyl (C=O) groups is 1. The van der Waals surface area contributed by atoms with Gasteiger partial charge in [-0.3, -0.25) is 4.79 Å². The molecule has 134 valence electrons. The van der Waals surface area contributed by atoms with Crippen molar-refractivity contribution in [3.63, 3.8) is 0 Å². The van der Waals surface area contributed by atoms with E-state index in [-0.39, 0.29) is 34.6 Å². The second-order valence-electron chi connectivity index (χ2n) is 7.27. The van der Waals surface area contributed by atoms with E-state index < -0.39 is 23.0 Å². The number of aryl methyl sites for hydroxylation is 1. The quantitative estimate of drug-likeness (QED) is 0.651. The van der Waals surface area contributed by atoms with Crippen LogP contribution in [0.5, 0.6) is 0 Å². The molecule has 1 aliphatic heterocycles. The Morgan fingerprint density at radius 2 is 1.85 bits per heavy atom. The van der Waals surface area contributed by atoms with E-state index >= 15 is 4.39 Å². The number of H-pyrrole nitrogens is 1. The molecule has 0 unspecified atom stereocenters. The molecule has 0 amide bonds. The van der Waals surface area contributed by atoms with E-state index in [1.807, 2.05) is 0 Å². The minimum atomic E-state index is -0.893. The molecule has 2 aromatic carbocycles. The van der Waals surface area contributed by atoms with Crippen LogP contribution in [-0.2, 0) is 11.2 Å². The number of benzene rings is 2. The van der Waals surface area contributed by atoms with Crippen molar-refractivity contribution in [1.29, 1.82) is 0 Å². The molecule has 0 saturated heterocycles. The van der Waals surface area contributed by atoms with Crippen molar-refractivity contribution < 1.29 is 18.0 Å². The lowest BCUT2D eigenvalue weighted by Crippen LogP contribution is -2.45. The molecule has 2 N–H and O–H groups in total. The van der Waals surface area contributed by atoms with Crippen molar-refractivity contribution in [2.24, 2.45) is 0 Å². The van der Waals surface area contributed by atoms with Gasteiger partial charge in [-0.1, -0.05) is 0 Å². The number of fused-ring (bicyclic) bond motifs is 2. The van der Waals surface area contributed by atoms with Gasteiger partial charge in [-0.05, 0) is 44.5 Å². The molecule has 0 spiro atoms. The fourth-order valence-corrected chi connectivity index (χ4v) is 3.51. The lowest BCUT2D eigenvalue weighted by Gasteiger charge is -2.33. The summed E-state index contributed by atoms with van der Waals surface area (Å²) >= 11 is 0. The number of carbonyl (C=O) groups excluding carboxylic acids is 1. The van der Waals surface area contributed by atoms with Gasteiger partial charge in [-0.25, -0.2) is 13.2 Å². The van der Waals surface area contributed by atoms with E-state index in [4.69, 9.17) is 0 Å². The number of anilines is 1. The van der Waals surface area contributed by atoms with Gasteiger partial charge in [0.25, 0.3) is 0 Å². The third kappa shape index (κ3) is 2.32. The second-order valence-corrected chi connectivity index (χ2v) is 7.27. The maximum Gasteiger partial charge on any atom is 0.162 e. The van der Waals surface area contributed by atoms with Crippen molar-refractivity contribution >= 4 is 22.4 Å². The number of Topliss-reactive ketones (excluding diaryl/α,β-unsaturated/α-hetero) is 1. The first-order chi connectivity index (χ1) is 12.2. The molecule has 1 aromatic heterocycles. The number of ketones is 1. The second kappa shape index (κ2) is 5.37. The smallest absolute Gasteiger partial charge is 0.162 e. The molecule has 0 saturated carbocycles. The van der Waals surface area contributed by atoms with Crippen LogP contribution in [0.25, 0.3) is 22.0 Å². The Morgan fingerprint density at radius 1 is 1.12 bits per heavy atom. The third-order valence-electron chi connectivity index (χ3n) is 5.03. The van der Waals surface area contributed by atoms with Crippen molar-refractivity contribution in [1.82, 2.24) is 4.98 Å². The fourth-order valence-electron chi connectivity index (χ4n) is 3.51. The number of aromatic nitrogens is 1. The topological polar surface area (TPSA) is 44.9 Å². The standard InChI is InChI=1S/C20H17F3N2O/c1-9-8-24-19-11(9)4-10(21)5-13(19)17-14(22)7-15-12(18(17)23)6-16(26)20(2,3)25-15/h4-5,7-8,24-25H,6H2,1-3H3. The zero-order valence-electron chi connectivity index (χ0n) is 14.6. The number of hydrogen-bond donors (Lipinski definition) is 2. The van der Waals surface area contributed by atoms with Gasteiger partial charge in [0.2, 0.25) is 0 Å². The predicted molar refractivity (Wildman–Crippen MR) is 94.8 cm³/mol. The van der Waals surface area contributed by atoms with Crippen LogP contribution in [0.3, 0.4) is 0 Å². The molecule has 0 radical (unpaired) electrons. The largest absolute Gasteiger partial charge is 0.373 e. The van der Waals surface area contributed by atoms with Crippen LogP contribution in [0.15, 0.2) is 24.4 Å². The third-order valence-corrected chi connectivity index (χ3v) is 5.03. The zero-order chi connectivity index (χ0) is 18.8. The normalized spacial score (nSPS) is 15.8. The average Bonchev–Trinajstić information content (AvgIpc) is 2.90. The van der Waals surface area contributed by atoms with Gasteiger partial charge in [0.1, 0.15) is 17.5 Å². The summed E-state index contributed by atoms with van der Waals surface area (Å²) in [5.74, 6) is -2.42. The molecule has 0 atom stereocenters. The summed E-state index contributed by atoms with van der Waals surface area (Å²) in [5, 5.41) is 3.45. The summed E-state index contributed by atoms with van der Waals surface area (Å²) < 4.78 is 44.1. The summed E-state index contributed by atoms with van der Waals surface area (Å²) in [5.41, 5.74) is 0.466. The van der Waals surface area contributed by atoms with Gasteiger partial charge < -0.3 is 10.3 Å². The molecule has 0 fully saturated rings. The first kappa shape index (κ1) is 16.7. The highest BCUT2D eigenvalue weighted by Gasteiger charge is 2.36. The Bertz CT molecular complexity index is 1080. The SMILES string of the molecule is Cc1c[nH]c2c(-c3c(F)cc4c(c3F)CC(=O)C(C)(C)N4)cc(F)cc12. The van der Waals surface area contributed by atoms with Crippen molar-refractivity contribution in [3.05, 3.63) is 53.0 Å². The van der Waals surface area contributed by atoms with E-state index in [0.29, 0.717) is 10.9 Å². The van der Waals surface area contributed by atoms with Crippen LogP contribution in [0.1, 0.15) is 25.0 Å². The van der Waals surface area contributed by atoms with Gasteiger partial charge >= 0.3 is 0 Å².